The first-order valence-electron chi connectivity index (χ1n) is 9.13. The van der Waals surface area contributed by atoms with Crippen LogP contribution in [0.15, 0.2) is 41.3 Å². The van der Waals surface area contributed by atoms with Gasteiger partial charge in [-0.1, -0.05) is 26.0 Å². The van der Waals surface area contributed by atoms with Gasteiger partial charge < -0.3 is 10.1 Å². The molecule has 2 aromatic carbocycles. The van der Waals surface area contributed by atoms with Crippen molar-refractivity contribution in [3.05, 3.63) is 59.2 Å². The maximum Gasteiger partial charge on any atom is 0.344 e. The van der Waals surface area contributed by atoms with E-state index in [1.54, 1.807) is 20.8 Å². The van der Waals surface area contributed by atoms with Crippen LogP contribution >= 0.6 is 0 Å². The van der Waals surface area contributed by atoms with Gasteiger partial charge in [0.15, 0.2) is 6.61 Å². The zero-order valence-electron chi connectivity index (χ0n) is 16.7. The number of nitrogens with one attached hydrogen (secondary N) is 1. The minimum Gasteiger partial charge on any atom is -0.452 e. The number of aryl methyl sites for hydroxylation is 1. The second-order valence-electron chi connectivity index (χ2n) is 6.29. The van der Waals surface area contributed by atoms with Gasteiger partial charge in [0.1, 0.15) is 17.2 Å². The lowest BCUT2D eigenvalue weighted by Crippen LogP contribution is -2.31. The molecule has 0 radical (unpaired) electrons. The Balaban J connectivity index is 2.12. The van der Waals surface area contributed by atoms with E-state index in [1.165, 1.54) is 22.5 Å². The molecule has 0 fully saturated rings. The zero-order valence-corrected chi connectivity index (χ0v) is 17.6. The normalized spacial score (nSPS) is 11.4. The molecule has 162 valence electrons. The van der Waals surface area contributed by atoms with Crippen molar-refractivity contribution in [2.75, 3.05) is 25.0 Å². The summed E-state index contributed by atoms with van der Waals surface area (Å²) in [5.74, 6) is -4.33. The van der Waals surface area contributed by atoms with Crippen LogP contribution < -0.4 is 5.32 Å². The van der Waals surface area contributed by atoms with Crippen molar-refractivity contribution in [1.29, 1.82) is 0 Å². The Hall–Kier alpha value is -2.85. The maximum absolute atomic E-state index is 13.6. The van der Waals surface area contributed by atoms with Crippen molar-refractivity contribution in [2.45, 2.75) is 25.7 Å². The van der Waals surface area contributed by atoms with Gasteiger partial charge in [-0.25, -0.2) is 22.0 Å². The Kier molecular flexibility index (Phi) is 7.63. The molecule has 2 rings (SSSR count). The van der Waals surface area contributed by atoms with Gasteiger partial charge in [-0.2, -0.15) is 4.31 Å². The Labute approximate surface area is 173 Å². The van der Waals surface area contributed by atoms with Gasteiger partial charge in [0.05, 0.1) is 4.90 Å². The van der Waals surface area contributed by atoms with Crippen molar-refractivity contribution in [1.82, 2.24) is 4.31 Å². The molecule has 2 aromatic rings. The first-order chi connectivity index (χ1) is 14.1. The molecule has 0 unspecified atom stereocenters. The molecule has 0 aliphatic heterocycles. The fourth-order valence-corrected chi connectivity index (χ4v) is 4.46. The van der Waals surface area contributed by atoms with E-state index in [4.69, 9.17) is 0 Å². The monoisotopic (exact) mass is 440 g/mol. The molecule has 0 heterocycles. The predicted molar refractivity (Wildman–Crippen MR) is 107 cm³/mol. The van der Waals surface area contributed by atoms with Crippen LogP contribution in [-0.2, 0) is 19.6 Å². The summed E-state index contributed by atoms with van der Waals surface area (Å²) in [6, 6.07) is 7.21. The molecule has 10 heteroatoms. The van der Waals surface area contributed by atoms with E-state index in [0.717, 1.165) is 18.2 Å². The van der Waals surface area contributed by atoms with Gasteiger partial charge in [0.25, 0.3) is 5.91 Å². The second-order valence-corrected chi connectivity index (χ2v) is 8.20. The summed E-state index contributed by atoms with van der Waals surface area (Å²) in [5.41, 5.74) is -0.223. The van der Waals surface area contributed by atoms with Crippen LogP contribution in [0.25, 0.3) is 0 Å². The Morgan fingerprint density at radius 1 is 1.07 bits per heavy atom. The third-order valence-electron chi connectivity index (χ3n) is 4.30. The summed E-state index contributed by atoms with van der Waals surface area (Å²) in [4.78, 5) is 24.0. The molecule has 0 bridgehead atoms. The number of rotatable bonds is 8. The molecule has 0 atom stereocenters. The van der Waals surface area contributed by atoms with Crippen molar-refractivity contribution < 1.29 is 31.5 Å². The topological polar surface area (TPSA) is 92.8 Å². The van der Waals surface area contributed by atoms with Crippen LogP contribution in [-0.4, -0.2) is 44.3 Å². The van der Waals surface area contributed by atoms with Crippen LogP contribution in [0.5, 0.6) is 0 Å². The number of benzene rings is 2. The zero-order chi connectivity index (χ0) is 22.5. The second kappa shape index (κ2) is 9.77. The van der Waals surface area contributed by atoms with Gasteiger partial charge in [-0.05, 0) is 36.8 Å². The summed E-state index contributed by atoms with van der Waals surface area (Å²) < 4.78 is 58.6. The number of halogens is 2. The Morgan fingerprint density at radius 3 is 2.23 bits per heavy atom. The molecule has 0 aliphatic carbocycles. The van der Waals surface area contributed by atoms with E-state index in [1.807, 2.05) is 0 Å². The predicted octanol–water partition coefficient (Wildman–Crippen LogP) is 3.10. The molecule has 1 N–H and O–H groups in total. The highest BCUT2D eigenvalue weighted by Gasteiger charge is 2.24. The summed E-state index contributed by atoms with van der Waals surface area (Å²) in [6.45, 7) is 4.84. The van der Waals surface area contributed by atoms with E-state index >= 15 is 0 Å². The first-order valence-corrected chi connectivity index (χ1v) is 10.6. The Morgan fingerprint density at radius 2 is 1.67 bits per heavy atom. The molecule has 30 heavy (non-hydrogen) atoms. The molecular weight excluding hydrogens is 418 g/mol. The molecular formula is C20H22F2N2O5S. The number of sulfonamides is 1. The maximum atomic E-state index is 13.6. The van der Waals surface area contributed by atoms with Crippen LogP contribution in [0.3, 0.4) is 0 Å². The lowest BCUT2D eigenvalue weighted by atomic mass is 10.2. The molecule has 0 aromatic heterocycles. The van der Waals surface area contributed by atoms with E-state index in [2.05, 4.69) is 10.1 Å². The summed E-state index contributed by atoms with van der Waals surface area (Å²) in [7, 11) is -3.75. The number of hydrogen-bond donors (Lipinski definition) is 1. The van der Waals surface area contributed by atoms with Crippen LogP contribution in [0.1, 0.15) is 29.8 Å². The average molecular weight is 440 g/mol. The van der Waals surface area contributed by atoms with E-state index in [-0.39, 0.29) is 23.7 Å². The van der Waals surface area contributed by atoms with Gasteiger partial charge in [-0.15, -0.1) is 0 Å². The number of anilines is 1. The lowest BCUT2D eigenvalue weighted by Gasteiger charge is -2.20. The van der Waals surface area contributed by atoms with Crippen LogP contribution in [0.4, 0.5) is 14.5 Å². The molecule has 1 amide bonds. The fraction of sp³-hybridized carbons (Fsp3) is 0.300. The lowest BCUT2D eigenvalue weighted by molar-refractivity contribution is -0.119. The molecule has 0 saturated heterocycles. The Bertz CT molecular complexity index is 1030. The summed E-state index contributed by atoms with van der Waals surface area (Å²) in [5, 5.41) is 2.41. The molecule has 7 nitrogen and oxygen atoms in total. The molecule has 0 spiro atoms. The number of carbonyl (C=O) groups is 2. The summed E-state index contributed by atoms with van der Waals surface area (Å²) in [6.07, 6.45) is 0. The van der Waals surface area contributed by atoms with Crippen molar-refractivity contribution in [3.8, 4) is 0 Å². The quantitative estimate of drug-likeness (QED) is 0.637. The SMILES string of the molecule is CCN(CC)S(=O)(=O)c1cc(NC(=O)COC(=O)c2c(F)cccc2F)ccc1C. The fourth-order valence-electron chi connectivity index (χ4n) is 2.75. The standard InChI is InChI=1S/C20H22F2N2O5S/c1-4-24(5-2)30(27,28)17-11-14(10-9-13(17)3)23-18(25)12-29-20(26)19-15(21)7-6-8-16(19)22/h6-11H,4-5,12H2,1-3H3,(H,23,25). The van der Waals surface area contributed by atoms with Gasteiger partial charge >= 0.3 is 5.97 Å². The van der Waals surface area contributed by atoms with Crippen molar-refractivity contribution in [2.24, 2.45) is 0 Å². The van der Waals surface area contributed by atoms with Crippen molar-refractivity contribution >= 4 is 27.6 Å². The van der Waals surface area contributed by atoms with E-state index in [9.17, 15) is 26.8 Å². The van der Waals surface area contributed by atoms with E-state index < -0.39 is 45.7 Å². The van der Waals surface area contributed by atoms with Crippen LogP contribution in [0.2, 0.25) is 0 Å². The minimum atomic E-state index is -3.75. The van der Waals surface area contributed by atoms with Gasteiger partial charge in [0.2, 0.25) is 10.0 Å². The average Bonchev–Trinajstić information content (AvgIpc) is 2.68. The van der Waals surface area contributed by atoms with E-state index in [0.29, 0.717) is 5.56 Å². The number of ether oxygens (including phenoxy) is 1. The summed E-state index contributed by atoms with van der Waals surface area (Å²) >= 11 is 0. The highest BCUT2D eigenvalue weighted by atomic mass is 32.2. The van der Waals surface area contributed by atoms with Gasteiger partial charge in [0, 0.05) is 18.8 Å². The smallest absolute Gasteiger partial charge is 0.344 e. The number of hydrogen-bond acceptors (Lipinski definition) is 5. The third-order valence-corrected chi connectivity index (χ3v) is 6.49. The number of amides is 1. The number of carbonyl (C=O) groups excluding carboxylic acids is 2. The largest absolute Gasteiger partial charge is 0.452 e. The minimum absolute atomic E-state index is 0.0365. The number of esters is 1. The highest BCUT2D eigenvalue weighted by molar-refractivity contribution is 7.89. The number of nitrogens with zero attached hydrogens (tertiary/aromatic N) is 1. The van der Waals surface area contributed by atoms with Crippen LogP contribution in [0, 0.1) is 18.6 Å². The van der Waals surface area contributed by atoms with Crippen molar-refractivity contribution in [3.63, 3.8) is 0 Å². The van der Waals surface area contributed by atoms with Gasteiger partial charge in [-0.3, -0.25) is 4.79 Å². The molecule has 0 aliphatic rings. The first kappa shape index (κ1) is 23.4. The molecule has 0 saturated carbocycles. The highest BCUT2D eigenvalue weighted by Crippen LogP contribution is 2.23. The third kappa shape index (κ3) is 5.19.